The Hall–Kier alpha value is -2.04. The van der Waals surface area contributed by atoms with E-state index >= 15 is 0 Å². The van der Waals surface area contributed by atoms with Crippen LogP contribution in [0.15, 0.2) is 12.1 Å². The van der Waals surface area contributed by atoms with Gasteiger partial charge in [-0.3, -0.25) is 0 Å². The third-order valence-corrected chi connectivity index (χ3v) is 4.53. The van der Waals surface area contributed by atoms with Gasteiger partial charge in [0.05, 0.1) is 0 Å². The summed E-state index contributed by atoms with van der Waals surface area (Å²) >= 11 is 0. The van der Waals surface area contributed by atoms with Crippen LogP contribution in [0.25, 0.3) is 0 Å². The van der Waals surface area contributed by atoms with Gasteiger partial charge in [0.1, 0.15) is 0 Å². The second-order valence-corrected chi connectivity index (χ2v) is 5.90. The summed E-state index contributed by atoms with van der Waals surface area (Å²) in [5, 5.41) is 9.22. The number of carboxylic acids is 1. The first kappa shape index (κ1) is 18.7. The lowest BCUT2D eigenvalue weighted by Gasteiger charge is -2.32. The molecule has 0 aliphatic carbocycles. The molecule has 1 aromatic carbocycles. The highest BCUT2D eigenvalue weighted by atomic mass is 19.4. The van der Waals surface area contributed by atoms with E-state index in [0.717, 1.165) is 6.92 Å². The van der Waals surface area contributed by atoms with Gasteiger partial charge in [0.15, 0.2) is 24.6 Å². The van der Waals surface area contributed by atoms with E-state index in [1.54, 1.807) is 0 Å². The van der Waals surface area contributed by atoms with Crippen molar-refractivity contribution < 1.29 is 51.5 Å². The summed E-state index contributed by atoms with van der Waals surface area (Å²) in [7, 11) is 0. The molecular weight excluding hydrogens is 377 g/mol. The van der Waals surface area contributed by atoms with E-state index in [4.69, 9.17) is 1.37 Å². The van der Waals surface area contributed by atoms with Gasteiger partial charge < -0.3 is 14.6 Å². The Morgan fingerprint density at radius 3 is 2.42 bits per heavy atom. The molecule has 1 aliphatic rings. The van der Waals surface area contributed by atoms with Gasteiger partial charge >= 0.3 is 18.7 Å². The Bertz CT molecular complexity index is 749. The predicted octanol–water partition coefficient (Wildman–Crippen LogP) is 4.09. The number of halogens is 7. The van der Waals surface area contributed by atoms with Gasteiger partial charge in [-0.15, -0.1) is 0 Å². The molecule has 26 heavy (non-hydrogen) atoms. The van der Waals surface area contributed by atoms with Gasteiger partial charge in [-0.05, 0) is 13.0 Å². The molecule has 1 N–H and O–H groups in total. The monoisotopic (exact) mass is 391 g/mol. The number of carbonyl (C=O) groups is 1. The number of aliphatic carboxylic acids is 1. The van der Waals surface area contributed by atoms with Crippen molar-refractivity contribution in [2.75, 3.05) is 0 Å². The standard InChI is InChI=1S/C15H13F7O4/c1-5-8(11(12(23)24)26-14(5,2)15(20,21)22)6-3-4-7(16)9(17)10(6)25-13(18)19/h3-5,8,11,13H,1-2H3,(H,23,24)/t5-,8-,11+,14+/m0/s1/i13D. The molecule has 0 saturated carbocycles. The third-order valence-electron chi connectivity index (χ3n) is 4.53. The molecule has 0 spiro atoms. The molecule has 0 amide bonds. The first-order valence-corrected chi connectivity index (χ1v) is 7.12. The fourth-order valence-corrected chi connectivity index (χ4v) is 3.00. The molecule has 1 aliphatic heterocycles. The summed E-state index contributed by atoms with van der Waals surface area (Å²) in [6.07, 6.45) is -7.26. The predicted molar refractivity (Wildman–Crippen MR) is 71.9 cm³/mol. The van der Waals surface area contributed by atoms with E-state index in [-0.39, 0.29) is 0 Å². The van der Waals surface area contributed by atoms with Crippen LogP contribution in [-0.2, 0) is 9.53 Å². The van der Waals surface area contributed by atoms with E-state index in [0.29, 0.717) is 19.1 Å². The average molecular weight is 391 g/mol. The highest BCUT2D eigenvalue weighted by molar-refractivity contribution is 5.75. The van der Waals surface area contributed by atoms with E-state index in [2.05, 4.69) is 9.47 Å². The summed E-state index contributed by atoms with van der Waals surface area (Å²) in [5.74, 6) is -10.6. The summed E-state index contributed by atoms with van der Waals surface area (Å²) in [5.41, 5.74) is -3.79. The summed E-state index contributed by atoms with van der Waals surface area (Å²) < 4.78 is 108. The van der Waals surface area contributed by atoms with Crippen LogP contribution in [0.2, 0.25) is 0 Å². The molecule has 0 unspecified atom stereocenters. The number of benzene rings is 1. The normalized spacial score (nSPS) is 30.2. The SMILES string of the molecule is [2H]C(F)(F)Oc1c([C@H]2[C@H](C(=O)O)O[C@@](C)(C(F)(F)F)[C@H]2C)ccc(F)c1F. The zero-order chi connectivity index (χ0) is 20.9. The van der Waals surface area contributed by atoms with Crippen LogP contribution in [0.1, 0.15) is 26.7 Å². The Kier molecular flexibility index (Phi) is 4.76. The number of hydrogen-bond acceptors (Lipinski definition) is 3. The molecule has 0 aromatic heterocycles. The van der Waals surface area contributed by atoms with Crippen LogP contribution < -0.4 is 4.74 Å². The fourth-order valence-electron chi connectivity index (χ4n) is 3.00. The van der Waals surface area contributed by atoms with Crippen LogP contribution in [-0.4, -0.2) is 35.5 Å². The Morgan fingerprint density at radius 1 is 1.38 bits per heavy atom. The molecule has 1 aromatic rings. The number of hydrogen-bond donors (Lipinski definition) is 1. The highest BCUT2D eigenvalue weighted by Gasteiger charge is 2.66. The summed E-state index contributed by atoms with van der Waals surface area (Å²) in [4.78, 5) is 11.4. The largest absolute Gasteiger partial charge is 0.479 e. The first-order chi connectivity index (χ1) is 12.1. The van der Waals surface area contributed by atoms with Gasteiger partial charge in [0.2, 0.25) is 5.82 Å². The van der Waals surface area contributed by atoms with Crippen molar-refractivity contribution in [1.82, 2.24) is 0 Å². The third kappa shape index (κ3) is 3.19. The first-order valence-electron chi connectivity index (χ1n) is 7.62. The maximum absolute atomic E-state index is 14.0. The molecule has 0 radical (unpaired) electrons. The van der Waals surface area contributed by atoms with Gasteiger partial charge in [0.25, 0.3) is 0 Å². The van der Waals surface area contributed by atoms with Crippen LogP contribution in [0.4, 0.5) is 30.7 Å². The molecule has 11 heteroatoms. The zero-order valence-electron chi connectivity index (χ0n) is 14.2. The van der Waals surface area contributed by atoms with Crippen LogP contribution >= 0.6 is 0 Å². The second kappa shape index (κ2) is 6.60. The minimum atomic E-state index is -5.05. The number of ether oxygens (including phenoxy) is 2. The maximum Gasteiger partial charge on any atom is 0.417 e. The Labute approximate surface area is 143 Å². The van der Waals surface area contributed by atoms with Crippen LogP contribution in [0, 0.1) is 17.6 Å². The maximum atomic E-state index is 14.0. The van der Waals surface area contributed by atoms with Gasteiger partial charge in [-0.25, -0.2) is 9.18 Å². The molecule has 0 bridgehead atoms. The molecule has 4 nitrogen and oxygen atoms in total. The van der Waals surface area contributed by atoms with Crippen molar-refractivity contribution >= 4 is 5.97 Å². The number of alkyl halides is 5. The van der Waals surface area contributed by atoms with Gasteiger partial charge in [-0.2, -0.15) is 26.3 Å². The number of carboxylic acid groups (broad SMARTS) is 1. The molecule has 1 fully saturated rings. The topological polar surface area (TPSA) is 55.8 Å². The lowest BCUT2D eigenvalue weighted by atomic mass is 9.77. The average Bonchev–Trinajstić information content (AvgIpc) is 2.77. The van der Waals surface area contributed by atoms with Crippen molar-refractivity contribution in [1.29, 1.82) is 0 Å². The lowest BCUT2D eigenvalue weighted by Crippen LogP contribution is -2.47. The summed E-state index contributed by atoms with van der Waals surface area (Å²) in [6, 6.07) is 1.05. The Balaban J connectivity index is 2.68. The van der Waals surface area contributed by atoms with E-state index in [1.807, 2.05) is 0 Å². The highest BCUT2D eigenvalue weighted by Crippen LogP contribution is 2.54. The molecule has 2 rings (SSSR count). The van der Waals surface area contributed by atoms with Crippen molar-refractivity contribution in [3.05, 3.63) is 29.3 Å². The quantitative estimate of drug-likeness (QED) is 0.786. The van der Waals surface area contributed by atoms with E-state index in [1.165, 1.54) is 0 Å². The van der Waals surface area contributed by atoms with Crippen molar-refractivity contribution in [2.24, 2.45) is 5.92 Å². The van der Waals surface area contributed by atoms with E-state index < -0.39 is 65.2 Å². The van der Waals surface area contributed by atoms with Crippen molar-refractivity contribution in [3.63, 3.8) is 0 Å². The van der Waals surface area contributed by atoms with E-state index in [9.17, 15) is 40.6 Å². The molecule has 146 valence electrons. The van der Waals surface area contributed by atoms with Crippen LogP contribution in [0.3, 0.4) is 0 Å². The minimum absolute atomic E-state index is 0.425. The van der Waals surface area contributed by atoms with Crippen molar-refractivity contribution in [2.45, 2.75) is 44.2 Å². The van der Waals surface area contributed by atoms with Gasteiger partial charge in [-0.1, -0.05) is 13.0 Å². The second-order valence-electron chi connectivity index (χ2n) is 5.90. The fraction of sp³-hybridized carbons (Fsp3) is 0.533. The molecule has 1 heterocycles. The Morgan fingerprint density at radius 2 is 1.96 bits per heavy atom. The summed E-state index contributed by atoms with van der Waals surface area (Å²) in [6.45, 7) is -3.25. The molecular formula is C15H13F7O4. The zero-order valence-corrected chi connectivity index (χ0v) is 13.2. The number of rotatable bonds is 4. The molecule has 4 atom stereocenters. The van der Waals surface area contributed by atoms with Crippen molar-refractivity contribution in [3.8, 4) is 5.75 Å². The lowest BCUT2D eigenvalue weighted by molar-refractivity contribution is -0.273. The molecule has 1 saturated heterocycles. The van der Waals surface area contributed by atoms with Crippen LogP contribution in [0.5, 0.6) is 5.75 Å². The minimum Gasteiger partial charge on any atom is -0.479 e. The smallest absolute Gasteiger partial charge is 0.417 e. The van der Waals surface area contributed by atoms with Gasteiger partial charge in [0, 0.05) is 17.4 Å².